The van der Waals surface area contributed by atoms with Crippen molar-refractivity contribution in [2.24, 2.45) is 107 Å². The van der Waals surface area contributed by atoms with E-state index in [9.17, 15) is 4.79 Å². The molecule has 0 aromatic heterocycles. The number of hydrogen-bond acceptors (Lipinski definition) is 1. The van der Waals surface area contributed by atoms with Crippen molar-refractivity contribution in [2.75, 3.05) is 0 Å². The van der Waals surface area contributed by atoms with Crippen LogP contribution in [0.15, 0.2) is 0 Å². The number of Topliss-reactive ketones (excluding diaryl/α,β-unsaturated/α-hetero) is 1. The molecule has 5 aliphatic carbocycles. The minimum Gasteiger partial charge on any atom is -0.299 e. The van der Waals surface area contributed by atoms with Crippen LogP contribution in [0.5, 0.6) is 0 Å². The Balaban J connectivity index is 1.68. The second-order valence-electron chi connectivity index (χ2n) is 13.5. The molecular weight excluding hydrogens is 364 g/mol. The lowest BCUT2D eigenvalue weighted by Gasteiger charge is -2.64. The molecule has 5 saturated carbocycles. The summed E-state index contributed by atoms with van der Waals surface area (Å²) in [5.74, 6) is 14.1. The summed E-state index contributed by atoms with van der Waals surface area (Å²) in [6, 6.07) is 0. The zero-order valence-electron chi connectivity index (χ0n) is 21.3. The smallest absolute Gasteiger partial charge is 0.139 e. The van der Waals surface area contributed by atoms with E-state index in [0.717, 1.165) is 82.9 Å². The summed E-state index contributed by atoms with van der Waals surface area (Å²) < 4.78 is 0. The highest BCUT2D eigenvalue weighted by Gasteiger charge is 2.71. The number of carbonyl (C=O) groups excluding carboxylic acids is 1. The van der Waals surface area contributed by atoms with Crippen LogP contribution in [-0.2, 0) is 4.79 Å². The lowest BCUT2D eigenvalue weighted by molar-refractivity contribution is -0.172. The maximum absolute atomic E-state index is 13.2. The van der Waals surface area contributed by atoms with Crippen LogP contribution in [-0.4, -0.2) is 5.78 Å². The summed E-state index contributed by atoms with van der Waals surface area (Å²) >= 11 is 0. The van der Waals surface area contributed by atoms with Gasteiger partial charge >= 0.3 is 0 Å². The normalized spacial score (nSPS) is 67.1. The molecule has 0 amide bonds. The first kappa shape index (κ1) is 21.5. The van der Waals surface area contributed by atoms with Gasteiger partial charge in [0, 0.05) is 11.8 Å². The predicted octanol–water partition coefficient (Wildman–Crippen LogP) is 6.91. The Bertz CT molecular complexity index is 711. The molecule has 5 rings (SSSR count). The van der Waals surface area contributed by atoms with E-state index in [1.807, 2.05) is 0 Å². The van der Waals surface area contributed by atoms with Crippen molar-refractivity contribution >= 4 is 5.78 Å². The summed E-state index contributed by atoms with van der Waals surface area (Å²) in [5.41, 5.74) is 0. The van der Waals surface area contributed by atoms with Gasteiger partial charge in [0.25, 0.3) is 0 Å². The first-order valence-corrected chi connectivity index (χ1v) is 13.6. The lowest BCUT2D eigenvalue weighted by atomic mass is 9.40. The predicted molar refractivity (Wildman–Crippen MR) is 125 cm³/mol. The molecule has 0 radical (unpaired) electrons. The molecular formula is C29H48O. The number of ketones is 1. The van der Waals surface area contributed by atoms with Crippen LogP contribution in [0.4, 0.5) is 0 Å². The molecule has 170 valence electrons. The fourth-order valence-electron chi connectivity index (χ4n) is 11.5. The molecule has 0 bridgehead atoms. The molecule has 0 saturated heterocycles. The van der Waals surface area contributed by atoms with Gasteiger partial charge in [-0.3, -0.25) is 4.79 Å². The molecule has 5 fully saturated rings. The minimum absolute atomic E-state index is 0.297. The Morgan fingerprint density at radius 2 is 0.633 bits per heavy atom. The van der Waals surface area contributed by atoms with Crippen LogP contribution in [0.2, 0.25) is 0 Å². The van der Waals surface area contributed by atoms with Crippen LogP contribution in [0, 0.1) is 107 Å². The Morgan fingerprint density at radius 1 is 0.333 bits per heavy atom. The molecule has 18 atom stereocenters. The number of fused-ring (bicyclic) bond motifs is 5. The maximum atomic E-state index is 13.2. The maximum Gasteiger partial charge on any atom is 0.139 e. The number of rotatable bonds is 0. The third kappa shape index (κ3) is 2.34. The third-order valence-corrected chi connectivity index (χ3v) is 13.4. The van der Waals surface area contributed by atoms with E-state index in [4.69, 9.17) is 0 Å². The average Bonchev–Trinajstić information content (AvgIpc) is 3.17. The van der Waals surface area contributed by atoms with Crippen molar-refractivity contribution in [1.29, 1.82) is 0 Å². The average molecular weight is 413 g/mol. The van der Waals surface area contributed by atoms with Gasteiger partial charge in [0.05, 0.1) is 0 Å². The molecule has 0 aromatic carbocycles. The molecule has 0 aromatic rings. The Hall–Kier alpha value is -0.330. The van der Waals surface area contributed by atoms with Crippen LogP contribution in [0.25, 0.3) is 0 Å². The van der Waals surface area contributed by atoms with Crippen molar-refractivity contribution in [2.45, 2.75) is 69.2 Å². The van der Waals surface area contributed by atoms with Crippen LogP contribution >= 0.6 is 0 Å². The fourth-order valence-corrected chi connectivity index (χ4v) is 11.5. The van der Waals surface area contributed by atoms with Crippen molar-refractivity contribution in [3.05, 3.63) is 0 Å². The molecule has 30 heavy (non-hydrogen) atoms. The van der Waals surface area contributed by atoms with Gasteiger partial charge in [-0.1, -0.05) is 69.2 Å². The van der Waals surface area contributed by atoms with Crippen molar-refractivity contribution in [1.82, 2.24) is 0 Å². The molecule has 0 spiro atoms. The van der Waals surface area contributed by atoms with E-state index in [1.165, 1.54) is 0 Å². The summed E-state index contributed by atoms with van der Waals surface area (Å²) in [7, 11) is 0. The Morgan fingerprint density at radius 3 is 1.10 bits per heavy atom. The SMILES string of the molecule is CC1C(=O)C(C)C2C1C1C(C)C(C)C(C)C3C4C(C)C(C)C(C)C(C)C4C(C)C2C13. The molecule has 18 unspecified atom stereocenters. The quantitative estimate of drug-likeness (QED) is 0.422. The lowest BCUT2D eigenvalue weighted by Crippen LogP contribution is -2.60. The van der Waals surface area contributed by atoms with Crippen molar-refractivity contribution in [3.63, 3.8) is 0 Å². The van der Waals surface area contributed by atoms with Crippen LogP contribution in [0.1, 0.15) is 69.2 Å². The zero-order chi connectivity index (χ0) is 22.0. The fraction of sp³-hybridized carbons (Fsp3) is 0.966. The zero-order valence-corrected chi connectivity index (χ0v) is 21.3. The highest BCUT2D eigenvalue weighted by molar-refractivity contribution is 5.86. The summed E-state index contributed by atoms with van der Waals surface area (Å²) in [6.45, 7) is 25.3. The van der Waals surface area contributed by atoms with E-state index < -0.39 is 0 Å². The van der Waals surface area contributed by atoms with Gasteiger partial charge in [0.2, 0.25) is 0 Å². The molecule has 5 aliphatic rings. The van der Waals surface area contributed by atoms with Crippen LogP contribution < -0.4 is 0 Å². The summed E-state index contributed by atoms with van der Waals surface area (Å²) in [6.07, 6.45) is 0. The van der Waals surface area contributed by atoms with Crippen LogP contribution in [0.3, 0.4) is 0 Å². The van der Waals surface area contributed by atoms with E-state index in [1.54, 1.807) is 0 Å². The van der Waals surface area contributed by atoms with Gasteiger partial charge in [-0.15, -0.1) is 0 Å². The Labute approximate surface area is 186 Å². The highest BCUT2D eigenvalue weighted by atomic mass is 16.1. The standard InChI is InChI=1S/C29H48O/c1-11-12(2)15(5)22-21(14(11)4)18(8)25-27-20(10)29(30)19(9)26(27)24-17(7)13(3)16(6)23(22)28(24)25/h11-28H,1-10H3. The second-order valence-corrected chi connectivity index (χ2v) is 13.5. The van der Waals surface area contributed by atoms with Gasteiger partial charge < -0.3 is 0 Å². The minimum atomic E-state index is 0.297. The van der Waals surface area contributed by atoms with Crippen molar-refractivity contribution in [3.8, 4) is 0 Å². The first-order valence-electron chi connectivity index (χ1n) is 13.6. The molecule has 0 N–H and O–H groups in total. The van der Waals surface area contributed by atoms with Gasteiger partial charge in [-0.05, 0) is 94.7 Å². The van der Waals surface area contributed by atoms with E-state index in [2.05, 4.69) is 69.2 Å². The van der Waals surface area contributed by atoms with Gasteiger partial charge in [-0.25, -0.2) is 0 Å². The van der Waals surface area contributed by atoms with Gasteiger partial charge in [0.15, 0.2) is 0 Å². The van der Waals surface area contributed by atoms with E-state index in [0.29, 0.717) is 29.5 Å². The van der Waals surface area contributed by atoms with Gasteiger partial charge in [-0.2, -0.15) is 0 Å². The number of hydrogen-bond donors (Lipinski definition) is 0. The summed E-state index contributed by atoms with van der Waals surface area (Å²) in [5, 5.41) is 0. The molecule has 0 heterocycles. The molecule has 0 aliphatic heterocycles. The number of carbonyl (C=O) groups is 1. The molecule has 1 heteroatoms. The highest BCUT2D eigenvalue weighted by Crippen LogP contribution is 2.73. The Kier molecular flexibility index (Phi) is 4.90. The monoisotopic (exact) mass is 412 g/mol. The third-order valence-electron chi connectivity index (χ3n) is 13.4. The topological polar surface area (TPSA) is 17.1 Å². The second kappa shape index (κ2) is 6.84. The largest absolute Gasteiger partial charge is 0.299 e. The molecule has 1 nitrogen and oxygen atoms in total. The van der Waals surface area contributed by atoms with Gasteiger partial charge in [0.1, 0.15) is 5.78 Å². The van der Waals surface area contributed by atoms with Crippen molar-refractivity contribution < 1.29 is 4.79 Å². The first-order chi connectivity index (χ1) is 14.0. The van der Waals surface area contributed by atoms with E-state index >= 15 is 0 Å². The van der Waals surface area contributed by atoms with E-state index in [-0.39, 0.29) is 0 Å². The summed E-state index contributed by atoms with van der Waals surface area (Å²) in [4.78, 5) is 13.2.